The van der Waals surface area contributed by atoms with E-state index in [9.17, 15) is 8.78 Å². The van der Waals surface area contributed by atoms with Gasteiger partial charge in [0.1, 0.15) is 17.2 Å². The highest BCUT2D eigenvalue weighted by atomic mass is 19.1. The first-order valence-corrected chi connectivity index (χ1v) is 9.19. The minimum absolute atomic E-state index is 0.181. The number of nitrogens with zero attached hydrogens (tertiary/aromatic N) is 1. The Balaban J connectivity index is 1.77. The molecule has 0 aliphatic rings. The molecule has 0 radical (unpaired) electrons. The van der Waals surface area contributed by atoms with E-state index in [-0.39, 0.29) is 11.5 Å². The number of halogens is 2. The van der Waals surface area contributed by atoms with E-state index in [0.29, 0.717) is 11.1 Å². The van der Waals surface area contributed by atoms with Crippen molar-refractivity contribution in [3.05, 3.63) is 103 Å². The Morgan fingerprint density at radius 1 is 0.586 bits per heavy atom. The Morgan fingerprint density at radius 3 is 1.86 bits per heavy atom. The predicted molar refractivity (Wildman–Crippen MR) is 110 cm³/mol. The summed E-state index contributed by atoms with van der Waals surface area (Å²) in [5.74, 6) is -1.16. The summed E-state index contributed by atoms with van der Waals surface area (Å²) in [6.45, 7) is 0. The van der Waals surface area contributed by atoms with Crippen molar-refractivity contribution in [2.45, 2.75) is 0 Å². The van der Waals surface area contributed by atoms with Gasteiger partial charge < -0.3 is 4.42 Å². The van der Waals surface area contributed by atoms with Gasteiger partial charge in [-0.15, -0.1) is 0 Å². The molecular formula is C25H15F2NO. The molecule has 2 nitrogen and oxygen atoms in total. The van der Waals surface area contributed by atoms with E-state index in [0.717, 1.165) is 28.3 Å². The van der Waals surface area contributed by atoms with Crippen molar-refractivity contribution in [1.29, 1.82) is 0 Å². The zero-order chi connectivity index (χ0) is 19.8. The van der Waals surface area contributed by atoms with Gasteiger partial charge in [-0.1, -0.05) is 60.7 Å². The summed E-state index contributed by atoms with van der Waals surface area (Å²) in [6, 6.07) is 27.1. The lowest BCUT2D eigenvalue weighted by Crippen LogP contribution is -1.85. The molecule has 5 aromatic rings. The second-order valence-corrected chi connectivity index (χ2v) is 6.78. The normalized spacial score (nSPS) is 11.1. The van der Waals surface area contributed by atoms with Crippen LogP contribution in [0.2, 0.25) is 0 Å². The Hall–Kier alpha value is -3.79. The van der Waals surface area contributed by atoms with E-state index >= 15 is 0 Å². The molecule has 0 saturated carbocycles. The van der Waals surface area contributed by atoms with E-state index in [4.69, 9.17) is 4.42 Å². The molecule has 0 bridgehead atoms. The van der Waals surface area contributed by atoms with E-state index < -0.39 is 11.6 Å². The first kappa shape index (κ1) is 17.3. The van der Waals surface area contributed by atoms with Crippen LogP contribution in [0.1, 0.15) is 0 Å². The Kier molecular flexibility index (Phi) is 4.17. The molecule has 4 heteroatoms. The van der Waals surface area contributed by atoms with Gasteiger partial charge in [0.05, 0.1) is 0 Å². The summed E-state index contributed by atoms with van der Waals surface area (Å²) in [5, 5.41) is 0. The van der Waals surface area contributed by atoms with E-state index in [1.165, 1.54) is 12.1 Å². The minimum Gasteiger partial charge on any atom is -0.436 e. The first-order chi connectivity index (χ1) is 14.2. The molecule has 0 fully saturated rings. The van der Waals surface area contributed by atoms with E-state index in [1.54, 1.807) is 0 Å². The smallest absolute Gasteiger partial charge is 0.227 e. The van der Waals surface area contributed by atoms with Crippen molar-refractivity contribution in [1.82, 2.24) is 4.98 Å². The van der Waals surface area contributed by atoms with Crippen molar-refractivity contribution in [2.75, 3.05) is 0 Å². The number of rotatable bonds is 3. The molecule has 29 heavy (non-hydrogen) atoms. The maximum absolute atomic E-state index is 13.7. The highest BCUT2D eigenvalue weighted by Gasteiger charge is 2.16. The van der Waals surface area contributed by atoms with Gasteiger partial charge in [-0.3, -0.25) is 0 Å². The van der Waals surface area contributed by atoms with Crippen LogP contribution in [-0.2, 0) is 0 Å². The molecule has 140 valence electrons. The van der Waals surface area contributed by atoms with Gasteiger partial charge in [-0.25, -0.2) is 13.8 Å². The van der Waals surface area contributed by atoms with Crippen LogP contribution in [0.25, 0.3) is 44.8 Å². The van der Waals surface area contributed by atoms with Gasteiger partial charge >= 0.3 is 0 Å². The molecule has 4 aromatic carbocycles. The molecular weight excluding hydrogens is 368 g/mol. The third-order valence-corrected chi connectivity index (χ3v) is 4.80. The fourth-order valence-electron chi connectivity index (χ4n) is 3.47. The van der Waals surface area contributed by atoms with Gasteiger partial charge in [-0.2, -0.15) is 0 Å². The largest absolute Gasteiger partial charge is 0.436 e. The SMILES string of the molecule is Fc1cc(F)cc(-c2nc3c(-c4ccccc4)cc(-c4ccccc4)cc3o2)c1. The second kappa shape index (κ2) is 6.99. The number of aromatic nitrogens is 1. The number of fused-ring (bicyclic) bond motifs is 1. The Labute approximate surface area is 166 Å². The van der Waals surface area contributed by atoms with Crippen molar-refractivity contribution < 1.29 is 13.2 Å². The van der Waals surface area contributed by atoms with Crippen LogP contribution >= 0.6 is 0 Å². The average Bonchev–Trinajstić information content (AvgIpc) is 3.18. The van der Waals surface area contributed by atoms with Gasteiger partial charge in [0.2, 0.25) is 5.89 Å². The first-order valence-electron chi connectivity index (χ1n) is 9.19. The number of oxazole rings is 1. The molecule has 0 N–H and O–H groups in total. The molecule has 0 atom stereocenters. The van der Waals surface area contributed by atoms with Crippen LogP contribution in [0.3, 0.4) is 0 Å². The van der Waals surface area contributed by atoms with Crippen LogP contribution in [0.15, 0.2) is 95.4 Å². The fraction of sp³-hybridized carbons (Fsp3) is 0. The second-order valence-electron chi connectivity index (χ2n) is 6.78. The topological polar surface area (TPSA) is 26.0 Å². The molecule has 5 rings (SSSR count). The van der Waals surface area contributed by atoms with E-state index in [2.05, 4.69) is 11.1 Å². The van der Waals surface area contributed by atoms with Gasteiger partial charge in [0.15, 0.2) is 5.58 Å². The molecule has 0 amide bonds. The minimum atomic E-state index is -0.671. The molecule has 0 unspecified atom stereocenters. The average molecular weight is 383 g/mol. The number of benzene rings is 4. The van der Waals surface area contributed by atoms with Crippen molar-refractivity contribution in [3.8, 4) is 33.7 Å². The highest BCUT2D eigenvalue weighted by Crippen LogP contribution is 2.36. The summed E-state index contributed by atoms with van der Waals surface area (Å²) < 4.78 is 33.3. The van der Waals surface area contributed by atoms with E-state index in [1.807, 2.05) is 66.7 Å². The van der Waals surface area contributed by atoms with Crippen molar-refractivity contribution in [2.24, 2.45) is 0 Å². The zero-order valence-corrected chi connectivity index (χ0v) is 15.3. The predicted octanol–water partition coefficient (Wildman–Crippen LogP) is 7.11. The van der Waals surface area contributed by atoms with Crippen LogP contribution in [0.5, 0.6) is 0 Å². The van der Waals surface area contributed by atoms with Crippen LogP contribution in [0.4, 0.5) is 8.78 Å². The summed E-state index contributed by atoms with van der Waals surface area (Å²) in [5.41, 5.74) is 5.38. The third kappa shape index (κ3) is 3.29. The lowest BCUT2D eigenvalue weighted by molar-refractivity contribution is 0.578. The monoisotopic (exact) mass is 383 g/mol. The highest BCUT2D eigenvalue weighted by molar-refractivity contribution is 5.96. The van der Waals surface area contributed by atoms with Crippen LogP contribution < -0.4 is 0 Å². The fourth-order valence-corrected chi connectivity index (χ4v) is 3.47. The van der Waals surface area contributed by atoms with Gasteiger partial charge in [0, 0.05) is 17.2 Å². The maximum Gasteiger partial charge on any atom is 0.227 e. The lowest BCUT2D eigenvalue weighted by Gasteiger charge is -2.07. The van der Waals surface area contributed by atoms with Gasteiger partial charge in [0.25, 0.3) is 0 Å². The molecule has 0 spiro atoms. The summed E-state index contributed by atoms with van der Waals surface area (Å²) in [7, 11) is 0. The maximum atomic E-state index is 13.7. The molecule has 1 aromatic heterocycles. The summed E-state index contributed by atoms with van der Waals surface area (Å²) in [4.78, 5) is 4.58. The third-order valence-electron chi connectivity index (χ3n) is 4.80. The quantitative estimate of drug-likeness (QED) is 0.332. The van der Waals surface area contributed by atoms with Crippen LogP contribution in [-0.4, -0.2) is 4.98 Å². The number of hydrogen-bond donors (Lipinski definition) is 0. The summed E-state index contributed by atoms with van der Waals surface area (Å²) in [6.07, 6.45) is 0. The van der Waals surface area contributed by atoms with Crippen molar-refractivity contribution >= 4 is 11.1 Å². The lowest BCUT2D eigenvalue weighted by atomic mass is 9.98. The molecule has 0 aliphatic carbocycles. The van der Waals surface area contributed by atoms with Crippen molar-refractivity contribution in [3.63, 3.8) is 0 Å². The van der Waals surface area contributed by atoms with Gasteiger partial charge in [-0.05, 0) is 41.0 Å². The standard InChI is InChI=1S/C25H15F2NO/c26-20-11-19(12-21(27)15-20)25-28-24-22(17-9-5-2-6-10-17)13-18(14-23(24)29-25)16-7-3-1-4-8-16/h1-15H. The molecule has 0 saturated heterocycles. The number of hydrogen-bond acceptors (Lipinski definition) is 2. The zero-order valence-electron chi connectivity index (χ0n) is 15.3. The summed E-state index contributed by atoms with van der Waals surface area (Å²) >= 11 is 0. The Bertz CT molecular complexity index is 1290. The molecule has 0 aliphatic heterocycles. The molecule has 1 heterocycles. The Morgan fingerprint density at radius 2 is 1.21 bits per heavy atom. The van der Waals surface area contributed by atoms with Crippen LogP contribution in [0, 0.1) is 11.6 Å².